The lowest BCUT2D eigenvalue weighted by Gasteiger charge is -2.31. The smallest absolute Gasteiger partial charge is 0.274 e. The molecule has 1 N–H and O–H groups in total. The highest BCUT2D eigenvalue weighted by Gasteiger charge is 2.25. The highest BCUT2D eigenvalue weighted by molar-refractivity contribution is 6.31. The normalized spacial score (nSPS) is 13.2. The third-order valence-electron chi connectivity index (χ3n) is 3.47. The first-order valence-electron chi connectivity index (χ1n) is 6.92. The minimum atomic E-state index is -0.361. The molecule has 1 unspecified atom stereocenters. The van der Waals surface area contributed by atoms with Crippen LogP contribution in [0.5, 0.6) is 0 Å². The Morgan fingerprint density at radius 2 is 2.05 bits per heavy atom. The van der Waals surface area contributed by atoms with Crippen LogP contribution < -0.4 is 5.32 Å². The number of halogens is 1. The van der Waals surface area contributed by atoms with Crippen LogP contribution in [0.25, 0.3) is 0 Å². The number of nitro benzene ring substituents is 1. The fraction of sp³-hybridized carbons (Fsp3) is 0.600. The zero-order chi connectivity index (χ0) is 15.3. The van der Waals surface area contributed by atoms with E-state index in [0.29, 0.717) is 23.0 Å². The quantitative estimate of drug-likeness (QED) is 0.632. The largest absolute Gasteiger partial charge is 0.314 e. The summed E-state index contributed by atoms with van der Waals surface area (Å²) < 4.78 is 0. The third-order valence-corrected chi connectivity index (χ3v) is 3.82. The van der Waals surface area contributed by atoms with Gasteiger partial charge in [-0.2, -0.15) is 0 Å². The topological polar surface area (TPSA) is 55.2 Å². The molecule has 0 spiro atoms. The summed E-state index contributed by atoms with van der Waals surface area (Å²) in [7, 11) is 0. The van der Waals surface area contributed by atoms with Crippen molar-refractivity contribution in [1.82, 2.24) is 5.32 Å². The Morgan fingerprint density at radius 1 is 1.40 bits per heavy atom. The van der Waals surface area contributed by atoms with Gasteiger partial charge in [0.1, 0.15) is 0 Å². The second-order valence-corrected chi connectivity index (χ2v) is 6.42. The summed E-state index contributed by atoms with van der Waals surface area (Å²) in [4.78, 5) is 10.7. The number of rotatable bonds is 6. The van der Waals surface area contributed by atoms with Crippen LogP contribution in [-0.4, -0.2) is 17.5 Å². The maximum absolute atomic E-state index is 11.1. The lowest BCUT2D eigenvalue weighted by molar-refractivity contribution is -0.385. The summed E-state index contributed by atoms with van der Waals surface area (Å²) in [5.41, 5.74) is 0.847. The number of hydrogen-bond acceptors (Lipinski definition) is 3. The van der Waals surface area contributed by atoms with Crippen molar-refractivity contribution in [1.29, 1.82) is 0 Å². The van der Waals surface area contributed by atoms with Crippen molar-refractivity contribution >= 4 is 17.3 Å². The first-order valence-corrected chi connectivity index (χ1v) is 7.30. The second-order valence-electron chi connectivity index (χ2n) is 6.01. The van der Waals surface area contributed by atoms with Gasteiger partial charge in [0.05, 0.1) is 9.95 Å². The molecule has 0 aliphatic rings. The van der Waals surface area contributed by atoms with E-state index in [9.17, 15) is 10.1 Å². The Kier molecular flexibility index (Phi) is 5.96. The van der Waals surface area contributed by atoms with Gasteiger partial charge < -0.3 is 5.32 Å². The molecule has 1 rings (SSSR count). The molecule has 1 aromatic rings. The average molecular weight is 299 g/mol. The van der Waals surface area contributed by atoms with Crippen LogP contribution in [0.3, 0.4) is 0 Å². The first kappa shape index (κ1) is 16.9. The average Bonchev–Trinajstić information content (AvgIpc) is 2.33. The van der Waals surface area contributed by atoms with Gasteiger partial charge in [-0.1, -0.05) is 45.4 Å². The molecule has 0 aromatic heterocycles. The lowest BCUT2D eigenvalue weighted by atomic mass is 9.83. The molecule has 0 fully saturated rings. The van der Waals surface area contributed by atoms with Crippen molar-refractivity contribution in [2.75, 3.05) is 6.54 Å². The first-order chi connectivity index (χ1) is 9.27. The Morgan fingerprint density at radius 3 is 2.55 bits per heavy atom. The molecular weight excluding hydrogens is 276 g/mol. The van der Waals surface area contributed by atoms with Crippen molar-refractivity contribution < 1.29 is 4.92 Å². The highest BCUT2D eigenvalue weighted by Crippen LogP contribution is 2.30. The van der Waals surface area contributed by atoms with Gasteiger partial charge in [-0.25, -0.2) is 0 Å². The van der Waals surface area contributed by atoms with Crippen LogP contribution in [-0.2, 0) is 6.42 Å². The van der Waals surface area contributed by atoms with Gasteiger partial charge in [-0.15, -0.1) is 0 Å². The standard InChI is InChI=1S/C15H23ClN2O2/c1-5-17-14(15(2,3)4)10-9-11-12(16)7-6-8-13(11)18(19)20/h6-8,14,17H,5,9-10H2,1-4H3. The molecule has 5 heteroatoms. The summed E-state index contributed by atoms with van der Waals surface area (Å²) >= 11 is 6.12. The Balaban J connectivity index is 2.91. The number of nitro groups is 1. The molecule has 0 saturated heterocycles. The predicted octanol–water partition coefficient (Wildman–Crippen LogP) is 4.21. The number of nitrogens with one attached hydrogen (secondary N) is 1. The molecular formula is C15H23ClN2O2. The van der Waals surface area contributed by atoms with Gasteiger partial charge in [0.25, 0.3) is 5.69 Å². The fourth-order valence-electron chi connectivity index (χ4n) is 2.34. The van der Waals surface area contributed by atoms with Gasteiger partial charge in [0.2, 0.25) is 0 Å². The monoisotopic (exact) mass is 298 g/mol. The molecule has 1 aromatic carbocycles. The fourth-order valence-corrected chi connectivity index (χ4v) is 2.61. The van der Waals surface area contributed by atoms with Gasteiger partial charge >= 0.3 is 0 Å². The van der Waals surface area contributed by atoms with Crippen LogP contribution in [0.1, 0.15) is 39.7 Å². The van der Waals surface area contributed by atoms with Crippen molar-refractivity contribution in [3.05, 3.63) is 38.9 Å². The van der Waals surface area contributed by atoms with Gasteiger partial charge in [0.15, 0.2) is 0 Å². The molecule has 0 amide bonds. The summed E-state index contributed by atoms with van der Waals surface area (Å²) in [6.45, 7) is 9.45. The molecule has 1 atom stereocenters. The minimum absolute atomic E-state index is 0.103. The van der Waals surface area contributed by atoms with Gasteiger partial charge in [-0.3, -0.25) is 10.1 Å². The molecule has 0 heterocycles. The van der Waals surface area contributed by atoms with E-state index in [4.69, 9.17) is 11.6 Å². The van der Waals surface area contributed by atoms with Gasteiger partial charge in [-0.05, 0) is 30.9 Å². The third kappa shape index (κ3) is 4.46. The zero-order valence-corrected chi connectivity index (χ0v) is 13.3. The van der Waals surface area contributed by atoms with Crippen LogP contribution >= 0.6 is 11.6 Å². The predicted molar refractivity (Wildman–Crippen MR) is 83.3 cm³/mol. The summed E-state index contributed by atoms with van der Waals surface area (Å²) in [6, 6.07) is 5.14. The molecule has 0 radical (unpaired) electrons. The second kappa shape index (κ2) is 7.04. The van der Waals surface area contributed by atoms with Crippen LogP contribution in [0, 0.1) is 15.5 Å². The molecule has 20 heavy (non-hydrogen) atoms. The van der Waals surface area contributed by atoms with Gasteiger partial charge in [0, 0.05) is 17.7 Å². The van der Waals surface area contributed by atoms with Crippen molar-refractivity contribution in [2.24, 2.45) is 5.41 Å². The van der Waals surface area contributed by atoms with Crippen LogP contribution in [0.2, 0.25) is 5.02 Å². The molecule has 0 saturated carbocycles. The molecule has 0 aliphatic carbocycles. The van der Waals surface area contributed by atoms with E-state index in [1.54, 1.807) is 12.1 Å². The summed E-state index contributed by atoms with van der Waals surface area (Å²) in [5.74, 6) is 0. The Bertz CT molecular complexity index is 469. The Hall–Kier alpha value is -1.13. The zero-order valence-electron chi connectivity index (χ0n) is 12.6. The number of nitrogens with zero attached hydrogens (tertiary/aromatic N) is 1. The van der Waals surface area contributed by atoms with E-state index in [1.165, 1.54) is 6.07 Å². The minimum Gasteiger partial charge on any atom is -0.314 e. The number of benzene rings is 1. The molecule has 0 bridgehead atoms. The van der Waals surface area contributed by atoms with E-state index in [1.807, 2.05) is 0 Å². The van der Waals surface area contributed by atoms with E-state index < -0.39 is 0 Å². The van der Waals surface area contributed by atoms with Crippen molar-refractivity contribution in [3.8, 4) is 0 Å². The summed E-state index contributed by atoms with van der Waals surface area (Å²) in [5, 5.41) is 15.0. The van der Waals surface area contributed by atoms with E-state index >= 15 is 0 Å². The van der Waals surface area contributed by atoms with Crippen LogP contribution in [0.15, 0.2) is 18.2 Å². The molecule has 0 aliphatic heterocycles. The van der Waals surface area contributed by atoms with E-state index in [0.717, 1.165) is 13.0 Å². The number of hydrogen-bond donors (Lipinski definition) is 1. The summed E-state index contributed by atoms with van der Waals surface area (Å²) in [6.07, 6.45) is 1.42. The lowest BCUT2D eigenvalue weighted by Crippen LogP contribution is -2.40. The van der Waals surface area contributed by atoms with E-state index in [2.05, 4.69) is 33.0 Å². The molecule has 4 nitrogen and oxygen atoms in total. The SMILES string of the molecule is CCNC(CCc1c(Cl)cccc1[N+](=O)[O-])C(C)(C)C. The maximum atomic E-state index is 11.1. The Labute approximate surface area is 125 Å². The highest BCUT2D eigenvalue weighted by atomic mass is 35.5. The van der Waals surface area contributed by atoms with Crippen molar-refractivity contribution in [3.63, 3.8) is 0 Å². The maximum Gasteiger partial charge on any atom is 0.274 e. The van der Waals surface area contributed by atoms with Crippen LogP contribution in [0.4, 0.5) is 5.69 Å². The molecule has 112 valence electrons. The van der Waals surface area contributed by atoms with E-state index in [-0.39, 0.29) is 16.0 Å². The van der Waals surface area contributed by atoms with Crippen molar-refractivity contribution in [2.45, 2.75) is 46.6 Å².